The van der Waals surface area contributed by atoms with Gasteiger partial charge >= 0.3 is 5.97 Å². The number of hydrogen-bond donors (Lipinski definition) is 2. The summed E-state index contributed by atoms with van der Waals surface area (Å²) in [5.41, 5.74) is 1.07. The number of carbonyl (C=O) groups excluding carboxylic acids is 3. The van der Waals surface area contributed by atoms with Crippen molar-refractivity contribution in [3.05, 3.63) is 65.2 Å². The smallest absolute Gasteiger partial charge is 0.335 e. The van der Waals surface area contributed by atoms with Crippen LogP contribution < -0.4 is 5.32 Å². The number of carboxylic acid groups (broad SMARTS) is 1. The minimum absolute atomic E-state index is 0.0947. The number of imide groups is 1. The average molecular weight is 398 g/mol. The van der Waals surface area contributed by atoms with Gasteiger partial charge < -0.3 is 10.4 Å². The number of carboxylic acids is 1. The van der Waals surface area contributed by atoms with Gasteiger partial charge in [0, 0.05) is 5.69 Å². The molecule has 0 fully saturated rings. The normalized spacial score (nSPS) is 14.0. The Morgan fingerprint density at radius 1 is 1.04 bits per heavy atom. The van der Waals surface area contributed by atoms with Crippen LogP contribution in [0.5, 0.6) is 0 Å². The van der Waals surface area contributed by atoms with Crippen molar-refractivity contribution in [2.45, 2.75) is 12.5 Å². The molecule has 0 saturated carbocycles. The van der Waals surface area contributed by atoms with Crippen LogP contribution in [-0.4, -0.2) is 51.7 Å². The molecular weight excluding hydrogens is 380 g/mol. The average Bonchev–Trinajstić information content (AvgIpc) is 2.94. The van der Waals surface area contributed by atoms with Gasteiger partial charge in [0.15, 0.2) is 0 Å². The van der Waals surface area contributed by atoms with E-state index in [4.69, 9.17) is 5.11 Å². The highest BCUT2D eigenvalue weighted by Crippen LogP contribution is 2.26. The fourth-order valence-corrected chi connectivity index (χ4v) is 3.48. The van der Waals surface area contributed by atoms with E-state index in [9.17, 15) is 19.2 Å². The number of anilines is 1. The molecule has 2 aromatic rings. The Balaban J connectivity index is 1.84. The molecule has 7 nitrogen and oxygen atoms in total. The molecular formula is C20H18N2O5S. The molecule has 2 N–H and O–H groups in total. The van der Waals surface area contributed by atoms with E-state index in [0.29, 0.717) is 29.0 Å². The minimum atomic E-state index is -1.07. The summed E-state index contributed by atoms with van der Waals surface area (Å²) in [4.78, 5) is 50.3. The monoisotopic (exact) mass is 398 g/mol. The summed E-state index contributed by atoms with van der Waals surface area (Å²) in [6.45, 7) is 0. The Morgan fingerprint density at radius 2 is 1.61 bits per heavy atom. The lowest BCUT2D eigenvalue weighted by atomic mass is 10.1. The Hall–Kier alpha value is -3.13. The molecule has 144 valence electrons. The van der Waals surface area contributed by atoms with E-state index in [1.54, 1.807) is 24.3 Å². The highest BCUT2D eigenvalue weighted by atomic mass is 32.2. The van der Waals surface area contributed by atoms with E-state index in [2.05, 4.69) is 5.32 Å². The van der Waals surface area contributed by atoms with Crippen LogP contribution in [-0.2, 0) is 4.79 Å². The summed E-state index contributed by atoms with van der Waals surface area (Å²) in [6, 6.07) is 11.2. The van der Waals surface area contributed by atoms with E-state index in [1.165, 1.54) is 36.0 Å². The van der Waals surface area contributed by atoms with E-state index in [0.717, 1.165) is 4.90 Å². The van der Waals surface area contributed by atoms with Crippen molar-refractivity contribution in [3.63, 3.8) is 0 Å². The van der Waals surface area contributed by atoms with Crippen LogP contribution in [0.1, 0.15) is 37.5 Å². The summed E-state index contributed by atoms with van der Waals surface area (Å²) in [5.74, 6) is -1.94. The molecule has 0 bridgehead atoms. The molecule has 2 aromatic carbocycles. The van der Waals surface area contributed by atoms with Gasteiger partial charge in [-0.05, 0) is 54.8 Å². The zero-order valence-electron chi connectivity index (χ0n) is 15.0. The van der Waals surface area contributed by atoms with E-state index in [1.807, 2.05) is 6.26 Å². The first-order valence-corrected chi connectivity index (χ1v) is 9.93. The van der Waals surface area contributed by atoms with Gasteiger partial charge in [-0.2, -0.15) is 11.8 Å². The first-order chi connectivity index (χ1) is 13.4. The molecule has 0 aliphatic carbocycles. The predicted molar refractivity (Wildman–Crippen MR) is 106 cm³/mol. The summed E-state index contributed by atoms with van der Waals surface area (Å²) in [6.07, 6.45) is 2.19. The molecule has 8 heteroatoms. The number of hydrogen-bond acceptors (Lipinski definition) is 5. The van der Waals surface area contributed by atoms with Crippen molar-refractivity contribution in [3.8, 4) is 0 Å². The van der Waals surface area contributed by atoms with Gasteiger partial charge in [0.25, 0.3) is 11.8 Å². The van der Waals surface area contributed by atoms with Crippen molar-refractivity contribution in [1.29, 1.82) is 0 Å². The highest BCUT2D eigenvalue weighted by Gasteiger charge is 2.42. The molecule has 1 heterocycles. The topological polar surface area (TPSA) is 104 Å². The van der Waals surface area contributed by atoms with Gasteiger partial charge in [-0.3, -0.25) is 19.3 Å². The van der Waals surface area contributed by atoms with Gasteiger partial charge in [-0.15, -0.1) is 0 Å². The predicted octanol–water partition coefficient (Wildman–Crippen LogP) is 2.74. The number of rotatable bonds is 7. The Bertz CT molecular complexity index is 907. The van der Waals surface area contributed by atoms with Crippen molar-refractivity contribution >= 4 is 41.1 Å². The number of nitrogens with zero attached hydrogens (tertiary/aromatic N) is 1. The number of fused-ring (bicyclic) bond motifs is 1. The van der Waals surface area contributed by atoms with Crippen LogP contribution in [0.2, 0.25) is 0 Å². The zero-order valence-corrected chi connectivity index (χ0v) is 15.9. The summed E-state index contributed by atoms with van der Waals surface area (Å²) >= 11 is 1.51. The highest BCUT2D eigenvalue weighted by molar-refractivity contribution is 7.98. The van der Waals surface area contributed by atoms with Gasteiger partial charge in [0.1, 0.15) is 6.04 Å². The fourth-order valence-electron chi connectivity index (χ4n) is 3.02. The number of amides is 3. The molecule has 0 unspecified atom stereocenters. The van der Waals surface area contributed by atoms with E-state index >= 15 is 0 Å². The van der Waals surface area contributed by atoms with Gasteiger partial charge in [-0.1, -0.05) is 12.1 Å². The van der Waals surface area contributed by atoms with Crippen LogP contribution >= 0.6 is 11.8 Å². The number of nitrogens with one attached hydrogen (secondary N) is 1. The van der Waals surface area contributed by atoms with Crippen LogP contribution in [0.4, 0.5) is 5.69 Å². The first kappa shape index (κ1) is 19.6. The van der Waals surface area contributed by atoms with Crippen LogP contribution in [0.15, 0.2) is 48.5 Å². The molecule has 3 amide bonds. The largest absolute Gasteiger partial charge is 0.478 e. The lowest BCUT2D eigenvalue weighted by molar-refractivity contribution is -0.120. The lowest BCUT2D eigenvalue weighted by Gasteiger charge is -2.25. The summed E-state index contributed by atoms with van der Waals surface area (Å²) in [7, 11) is 0. The fraction of sp³-hybridized carbons (Fsp3) is 0.200. The molecule has 3 rings (SSSR count). The number of aromatic carboxylic acids is 1. The SMILES string of the molecule is CSCC[C@@H](C(=O)Nc1ccc(C(=O)O)cc1)N1C(=O)c2ccccc2C1=O. The first-order valence-electron chi connectivity index (χ1n) is 8.54. The van der Waals surface area contributed by atoms with Crippen molar-refractivity contribution in [2.24, 2.45) is 0 Å². The molecule has 1 atom stereocenters. The number of benzene rings is 2. The summed E-state index contributed by atoms with van der Waals surface area (Å²) < 4.78 is 0. The number of carbonyl (C=O) groups is 4. The molecule has 0 spiro atoms. The summed E-state index contributed by atoms with van der Waals surface area (Å²) in [5, 5.41) is 11.6. The second-order valence-corrected chi connectivity index (χ2v) is 7.18. The molecule has 28 heavy (non-hydrogen) atoms. The number of thioether (sulfide) groups is 1. The maximum absolute atomic E-state index is 12.9. The van der Waals surface area contributed by atoms with Crippen LogP contribution in [0.3, 0.4) is 0 Å². The third kappa shape index (κ3) is 3.77. The Labute approximate surface area is 165 Å². The van der Waals surface area contributed by atoms with Gasteiger partial charge in [0.2, 0.25) is 5.91 Å². The molecule has 1 aliphatic rings. The molecule has 0 aromatic heterocycles. The quantitative estimate of drug-likeness (QED) is 0.695. The van der Waals surface area contributed by atoms with Crippen molar-refractivity contribution in [2.75, 3.05) is 17.3 Å². The second kappa shape index (κ2) is 8.26. The third-order valence-corrected chi connectivity index (χ3v) is 5.08. The standard InChI is InChI=1S/C20H18N2O5S/c1-28-11-10-16(17(23)21-13-8-6-12(7-9-13)20(26)27)22-18(24)14-4-2-3-5-15(14)19(22)25/h2-9,16H,10-11H2,1H3,(H,21,23)(H,26,27)/t16-/m0/s1. The Morgan fingerprint density at radius 3 is 2.11 bits per heavy atom. The van der Waals surface area contributed by atoms with Crippen molar-refractivity contribution < 1.29 is 24.3 Å². The van der Waals surface area contributed by atoms with Gasteiger partial charge in [0.05, 0.1) is 16.7 Å². The zero-order chi connectivity index (χ0) is 20.3. The second-order valence-electron chi connectivity index (χ2n) is 6.19. The van der Waals surface area contributed by atoms with E-state index < -0.39 is 29.7 Å². The maximum Gasteiger partial charge on any atom is 0.335 e. The van der Waals surface area contributed by atoms with Crippen molar-refractivity contribution in [1.82, 2.24) is 4.90 Å². The van der Waals surface area contributed by atoms with E-state index in [-0.39, 0.29) is 5.56 Å². The van der Waals surface area contributed by atoms with Gasteiger partial charge in [-0.25, -0.2) is 4.79 Å². The third-order valence-electron chi connectivity index (χ3n) is 4.43. The van der Waals surface area contributed by atoms with Crippen LogP contribution in [0, 0.1) is 0 Å². The lowest BCUT2D eigenvalue weighted by Crippen LogP contribution is -2.47. The molecule has 1 aliphatic heterocycles. The molecule has 0 radical (unpaired) electrons. The maximum atomic E-state index is 12.9. The Kier molecular flexibility index (Phi) is 5.79. The van der Waals surface area contributed by atoms with Crippen LogP contribution in [0.25, 0.3) is 0 Å². The minimum Gasteiger partial charge on any atom is -0.478 e. The molecule has 0 saturated heterocycles.